The molecule has 0 spiro atoms. The minimum absolute atomic E-state index is 0.0552. The third-order valence-electron chi connectivity index (χ3n) is 4.07. The van der Waals surface area contributed by atoms with E-state index in [1.807, 2.05) is 16.7 Å². The molecule has 3 rings (SSSR count). The van der Waals surface area contributed by atoms with Crippen LogP contribution in [-0.2, 0) is 11.3 Å². The van der Waals surface area contributed by atoms with Crippen LogP contribution in [0.1, 0.15) is 32.1 Å². The Labute approximate surface area is 145 Å². The highest BCUT2D eigenvalue weighted by Crippen LogP contribution is 2.24. The molecule has 24 heavy (non-hydrogen) atoms. The molecular formula is C17H22N4O2S. The van der Waals surface area contributed by atoms with E-state index in [-0.39, 0.29) is 5.91 Å². The SMILES string of the molecule is C=CCn1c(SCC(=O)NC2CCCCC2)nnc1-c1ccco1. The Kier molecular flexibility index (Phi) is 5.74. The van der Waals surface area contributed by atoms with Crippen molar-refractivity contribution in [1.29, 1.82) is 0 Å². The number of aromatic nitrogens is 3. The standard InChI is InChI=1S/C17H22N4O2S/c1-2-10-21-16(14-9-6-11-23-14)19-20-17(21)24-12-15(22)18-13-7-4-3-5-8-13/h2,6,9,11,13H,1,3-5,7-8,10,12H2,(H,18,22). The lowest BCUT2D eigenvalue weighted by atomic mass is 9.95. The van der Waals surface area contributed by atoms with Crippen LogP contribution in [-0.4, -0.2) is 32.5 Å². The second kappa shape index (κ2) is 8.19. The van der Waals surface area contributed by atoms with Gasteiger partial charge >= 0.3 is 0 Å². The molecule has 1 aliphatic carbocycles. The summed E-state index contributed by atoms with van der Waals surface area (Å²) in [4.78, 5) is 12.2. The van der Waals surface area contributed by atoms with E-state index in [1.54, 1.807) is 12.3 Å². The summed E-state index contributed by atoms with van der Waals surface area (Å²) in [5.74, 6) is 1.70. The van der Waals surface area contributed by atoms with E-state index < -0.39 is 0 Å². The maximum Gasteiger partial charge on any atom is 0.230 e. The third kappa shape index (κ3) is 4.08. The molecule has 6 nitrogen and oxygen atoms in total. The molecule has 0 unspecified atom stereocenters. The van der Waals surface area contributed by atoms with Crippen molar-refractivity contribution in [3.05, 3.63) is 31.1 Å². The number of amides is 1. The highest BCUT2D eigenvalue weighted by molar-refractivity contribution is 7.99. The molecular weight excluding hydrogens is 324 g/mol. The van der Waals surface area contributed by atoms with Crippen LogP contribution < -0.4 is 5.32 Å². The smallest absolute Gasteiger partial charge is 0.230 e. The van der Waals surface area contributed by atoms with Crippen LogP contribution >= 0.6 is 11.8 Å². The summed E-state index contributed by atoms with van der Waals surface area (Å²) < 4.78 is 7.31. The molecule has 0 aliphatic heterocycles. The zero-order chi connectivity index (χ0) is 16.8. The highest BCUT2D eigenvalue weighted by Gasteiger charge is 2.18. The molecule has 0 saturated heterocycles. The lowest BCUT2D eigenvalue weighted by Crippen LogP contribution is -2.37. The molecule has 1 fully saturated rings. The third-order valence-corrected chi connectivity index (χ3v) is 5.04. The summed E-state index contributed by atoms with van der Waals surface area (Å²) in [6, 6.07) is 3.98. The zero-order valence-electron chi connectivity index (χ0n) is 13.6. The van der Waals surface area contributed by atoms with Crippen LogP contribution in [0.5, 0.6) is 0 Å². The summed E-state index contributed by atoms with van der Waals surface area (Å²) in [5.41, 5.74) is 0. The fourth-order valence-corrected chi connectivity index (χ4v) is 3.68. The summed E-state index contributed by atoms with van der Waals surface area (Å²) in [7, 11) is 0. The van der Waals surface area contributed by atoms with E-state index in [9.17, 15) is 4.79 Å². The molecule has 0 atom stereocenters. The summed E-state index contributed by atoms with van der Waals surface area (Å²) in [6.07, 6.45) is 9.25. The van der Waals surface area contributed by atoms with Gasteiger partial charge in [-0.1, -0.05) is 37.1 Å². The average molecular weight is 346 g/mol. The van der Waals surface area contributed by atoms with Crippen molar-refractivity contribution < 1.29 is 9.21 Å². The first kappa shape index (κ1) is 16.8. The van der Waals surface area contributed by atoms with Crippen molar-refractivity contribution in [2.75, 3.05) is 5.75 Å². The van der Waals surface area contributed by atoms with Gasteiger partial charge in [0.2, 0.25) is 11.7 Å². The lowest BCUT2D eigenvalue weighted by Gasteiger charge is -2.22. The number of nitrogens with zero attached hydrogens (tertiary/aromatic N) is 3. The van der Waals surface area contributed by atoms with Gasteiger partial charge in [-0.25, -0.2) is 0 Å². The van der Waals surface area contributed by atoms with Gasteiger partial charge in [0.15, 0.2) is 10.9 Å². The van der Waals surface area contributed by atoms with Crippen molar-refractivity contribution in [2.24, 2.45) is 0 Å². The van der Waals surface area contributed by atoms with Gasteiger partial charge in [-0.15, -0.1) is 16.8 Å². The molecule has 0 bridgehead atoms. The maximum atomic E-state index is 12.2. The molecule has 2 aromatic heterocycles. The molecule has 1 aliphatic rings. The zero-order valence-corrected chi connectivity index (χ0v) is 14.4. The first-order chi connectivity index (χ1) is 11.8. The maximum absolute atomic E-state index is 12.2. The number of nitrogens with one attached hydrogen (secondary N) is 1. The largest absolute Gasteiger partial charge is 0.461 e. The van der Waals surface area contributed by atoms with E-state index in [0.29, 0.717) is 35.1 Å². The Balaban J connectivity index is 1.62. The van der Waals surface area contributed by atoms with Gasteiger partial charge in [-0.2, -0.15) is 0 Å². The first-order valence-corrected chi connectivity index (χ1v) is 9.26. The number of hydrogen-bond acceptors (Lipinski definition) is 5. The molecule has 2 heterocycles. The van der Waals surface area contributed by atoms with E-state index >= 15 is 0 Å². The Morgan fingerprint density at radius 3 is 2.96 bits per heavy atom. The van der Waals surface area contributed by atoms with Crippen molar-refractivity contribution in [2.45, 2.75) is 49.8 Å². The second-order valence-electron chi connectivity index (χ2n) is 5.87. The normalized spacial score (nSPS) is 15.3. The van der Waals surface area contributed by atoms with Gasteiger partial charge in [-0.3, -0.25) is 9.36 Å². The van der Waals surface area contributed by atoms with E-state index in [1.165, 1.54) is 31.0 Å². The molecule has 0 aromatic carbocycles. The molecule has 7 heteroatoms. The van der Waals surface area contributed by atoms with E-state index in [0.717, 1.165) is 12.8 Å². The number of rotatable bonds is 7. The molecule has 1 N–H and O–H groups in total. The van der Waals surface area contributed by atoms with Gasteiger partial charge in [0, 0.05) is 12.6 Å². The minimum atomic E-state index is 0.0552. The molecule has 0 radical (unpaired) electrons. The topological polar surface area (TPSA) is 73.0 Å². The average Bonchev–Trinajstić information content (AvgIpc) is 3.24. The predicted octanol–water partition coefficient (Wildman–Crippen LogP) is 3.27. The number of carbonyl (C=O) groups excluding carboxylic acids is 1. The van der Waals surface area contributed by atoms with Crippen molar-refractivity contribution in [3.63, 3.8) is 0 Å². The number of allylic oxidation sites excluding steroid dienone is 1. The fourth-order valence-electron chi connectivity index (χ4n) is 2.92. The predicted molar refractivity (Wildman–Crippen MR) is 93.7 cm³/mol. The van der Waals surface area contributed by atoms with Crippen LogP contribution in [0, 0.1) is 0 Å². The molecule has 1 amide bonds. The van der Waals surface area contributed by atoms with Crippen molar-refractivity contribution in [1.82, 2.24) is 20.1 Å². The summed E-state index contributed by atoms with van der Waals surface area (Å²) in [5, 5.41) is 12.2. The van der Waals surface area contributed by atoms with Crippen LogP contribution in [0.2, 0.25) is 0 Å². The summed E-state index contributed by atoms with van der Waals surface area (Å²) in [6.45, 7) is 4.34. The van der Waals surface area contributed by atoms with Gasteiger partial charge < -0.3 is 9.73 Å². The first-order valence-electron chi connectivity index (χ1n) is 8.28. The van der Waals surface area contributed by atoms with Gasteiger partial charge in [0.05, 0.1) is 12.0 Å². The molecule has 1 saturated carbocycles. The van der Waals surface area contributed by atoms with Crippen LogP contribution in [0.3, 0.4) is 0 Å². The highest BCUT2D eigenvalue weighted by atomic mass is 32.2. The van der Waals surface area contributed by atoms with E-state index in [2.05, 4.69) is 22.1 Å². The van der Waals surface area contributed by atoms with Crippen LogP contribution in [0.15, 0.2) is 40.6 Å². The number of carbonyl (C=O) groups is 1. The van der Waals surface area contributed by atoms with Crippen molar-refractivity contribution >= 4 is 17.7 Å². The van der Waals surface area contributed by atoms with Crippen molar-refractivity contribution in [3.8, 4) is 11.6 Å². The minimum Gasteiger partial charge on any atom is -0.461 e. The second-order valence-corrected chi connectivity index (χ2v) is 6.82. The quantitative estimate of drug-likeness (QED) is 0.615. The summed E-state index contributed by atoms with van der Waals surface area (Å²) >= 11 is 1.39. The fraction of sp³-hybridized carbons (Fsp3) is 0.471. The van der Waals surface area contributed by atoms with E-state index in [4.69, 9.17) is 4.42 Å². The lowest BCUT2D eigenvalue weighted by molar-refractivity contribution is -0.119. The Morgan fingerprint density at radius 2 is 2.25 bits per heavy atom. The Morgan fingerprint density at radius 1 is 1.42 bits per heavy atom. The number of thioether (sulfide) groups is 1. The van der Waals surface area contributed by atoms with Gasteiger partial charge in [0.25, 0.3) is 0 Å². The monoisotopic (exact) mass is 346 g/mol. The van der Waals surface area contributed by atoms with Gasteiger partial charge in [0.1, 0.15) is 0 Å². The molecule has 128 valence electrons. The molecule has 2 aromatic rings. The van der Waals surface area contributed by atoms with Gasteiger partial charge in [-0.05, 0) is 25.0 Å². The number of hydrogen-bond donors (Lipinski definition) is 1. The van der Waals surface area contributed by atoms with Crippen LogP contribution in [0.4, 0.5) is 0 Å². The Bertz CT molecular complexity index is 675. The Hall–Kier alpha value is -2.02. The van der Waals surface area contributed by atoms with Crippen LogP contribution in [0.25, 0.3) is 11.6 Å². The number of furan rings is 1.